The fourth-order valence-electron chi connectivity index (χ4n) is 2.35. The van der Waals surface area contributed by atoms with Crippen molar-refractivity contribution in [2.75, 3.05) is 24.5 Å². The van der Waals surface area contributed by atoms with Gasteiger partial charge in [0.25, 0.3) is 0 Å². The van der Waals surface area contributed by atoms with Crippen LogP contribution in [-0.2, 0) is 19.1 Å². The van der Waals surface area contributed by atoms with Gasteiger partial charge in [-0.15, -0.1) is 0 Å². The largest absolute Gasteiger partial charge is 0.399 e. The molecule has 1 aromatic rings. The molecule has 3 rings (SSSR count). The molecule has 1 aromatic heterocycles. The lowest BCUT2D eigenvalue weighted by Crippen LogP contribution is -2.59. The first-order chi connectivity index (χ1) is 10.6. The van der Waals surface area contributed by atoms with Gasteiger partial charge in [-0.25, -0.2) is 14.6 Å². The third kappa shape index (κ3) is 2.88. The molecule has 116 valence electrons. The first-order valence-corrected chi connectivity index (χ1v) is 7.07. The van der Waals surface area contributed by atoms with Gasteiger partial charge in [0.15, 0.2) is 5.82 Å². The van der Waals surface area contributed by atoms with Crippen molar-refractivity contribution in [3.05, 3.63) is 29.7 Å². The van der Waals surface area contributed by atoms with E-state index in [9.17, 15) is 9.59 Å². The molecule has 1 spiro atoms. The van der Waals surface area contributed by atoms with E-state index < -0.39 is 17.8 Å². The Bertz CT molecular complexity index is 616. The molecule has 0 unspecified atom stereocenters. The van der Waals surface area contributed by atoms with Crippen molar-refractivity contribution >= 4 is 29.4 Å². The van der Waals surface area contributed by atoms with E-state index in [0.717, 1.165) is 18.6 Å². The van der Waals surface area contributed by atoms with Crippen LogP contribution in [0.25, 0.3) is 0 Å². The Hall–Kier alpha value is -2.19. The molecule has 1 N–H and O–H groups in total. The molecule has 1 saturated heterocycles. The molecule has 1 fully saturated rings. The van der Waals surface area contributed by atoms with Crippen LogP contribution in [0.5, 0.6) is 0 Å². The molecule has 2 aliphatic heterocycles. The molecule has 0 saturated carbocycles. The fourth-order valence-corrected chi connectivity index (χ4v) is 2.49. The van der Waals surface area contributed by atoms with Crippen molar-refractivity contribution in [3.8, 4) is 0 Å². The molecule has 8 nitrogen and oxygen atoms in total. The van der Waals surface area contributed by atoms with E-state index in [2.05, 4.69) is 15.3 Å². The van der Waals surface area contributed by atoms with Crippen molar-refractivity contribution in [3.63, 3.8) is 0 Å². The zero-order valence-corrected chi connectivity index (χ0v) is 12.2. The second kappa shape index (κ2) is 5.90. The summed E-state index contributed by atoms with van der Waals surface area (Å²) in [7, 11) is 0. The van der Waals surface area contributed by atoms with E-state index in [1.807, 2.05) is 0 Å². The first-order valence-electron chi connectivity index (χ1n) is 6.69. The molecule has 0 aromatic carbocycles. The van der Waals surface area contributed by atoms with Crippen LogP contribution in [0.2, 0.25) is 5.15 Å². The van der Waals surface area contributed by atoms with Gasteiger partial charge in [-0.3, -0.25) is 9.88 Å². The topological polar surface area (TPSA) is 93.7 Å². The first kappa shape index (κ1) is 14.7. The Morgan fingerprint density at radius 2 is 1.95 bits per heavy atom. The van der Waals surface area contributed by atoms with E-state index in [0.29, 0.717) is 18.9 Å². The average molecular weight is 325 g/mol. The Morgan fingerprint density at radius 3 is 2.64 bits per heavy atom. The lowest BCUT2D eigenvalue weighted by Gasteiger charge is -2.39. The SMILES string of the molecule is O=C1C=CC(=O)OC2(CNCCCN2c2cncc(Cl)n2)O1. The molecule has 22 heavy (non-hydrogen) atoms. The number of hydrogen-bond acceptors (Lipinski definition) is 8. The van der Waals surface area contributed by atoms with Crippen molar-refractivity contribution < 1.29 is 19.1 Å². The number of carbonyl (C=O) groups excluding carboxylic acids is 2. The zero-order valence-electron chi connectivity index (χ0n) is 11.5. The van der Waals surface area contributed by atoms with Crippen LogP contribution in [-0.4, -0.2) is 47.5 Å². The number of ether oxygens (including phenoxy) is 2. The molecule has 0 amide bonds. The molecular weight excluding hydrogens is 312 g/mol. The van der Waals surface area contributed by atoms with Crippen LogP contribution in [0.1, 0.15) is 6.42 Å². The third-order valence-corrected chi connectivity index (χ3v) is 3.42. The summed E-state index contributed by atoms with van der Waals surface area (Å²) >= 11 is 5.88. The zero-order chi connectivity index (χ0) is 15.6. The Labute approximate surface area is 131 Å². The van der Waals surface area contributed by atoms with Crippen molar-refractivity contribution in [2.45, 2.75) is 12.3 Å². The van der Waals surface area contributed by atoms with Crippen molar-refractivity contribution in [2.24, 2.45) is 0 Å². The van der Waals surface area contributed by atoms with Crippen LogP contribution in [0, 0.1) is 0 Å². The Morgan fingerprint density at radius 1 is 1.23 bits per heavy atom. The molecular formula is C13H13ClN4O4. The average Bonchev–Trinajstić information content (AvgIpc) is 2.75. The predicted molar refractivity (Wildman–Crippen MR) is 75.9 cm³/mol. The Kier molecular flexibility index (Phi) is 3.95. The van der Waals surface area contributed by atoms with Gasteiger partial charge in [-0.05, 0) is 13.0 Å². The summed E-state index contributed by atoms with van der Waals surface area (Å²) in [5.74, 6) is -2.60. The number of hydrogen-bond donors (Lipinski definition) is 1. The number of nitrogens with zero attached hydrogens (tertiary/aromatic N) is 3. The quantitative estimate of drug-likeness (QED) is 0.734. The second-order valence-electron chi connectivity index (χ2n) is 4.77. The van der Waals surface area contributed by atoms with Gasteiger partial charge in [-0.2, -0.15) is 0 Å². The number of carbonyl (C=O) groups is 2. The van der Waals surface area contributed by atoms with Gasteiger partial charge >= 0.3 is 17.8 Å². The van der Waals surface area contributed by atoms with E-state index >= 15 is 0 Å². The summed E-state index contributed by atoms with van der Waals surface area (Å²) in [4.78, 5) is 33.3. The molecule has 0 aliphatic carbocycles. The lowest BCUT2D eigenvalue weighted by atomic mass is 10.3. The highest BCUT2D eigenvalue weighted by molar-refractivity contribution is 6.29. The van der Waals surface area contributed by atoms with Crippen LogP contribution >= 0.6 is 11.6 Å². The Balaban J connectivity index is 2.03. The number of nitrogens with one attached hydrogen (secondary N) is 1. The molecule has 2 aliphatic rings. The summed E-state index contributed by atoms with van der Waals surface area (Å²) in [5.41, 5.74) is 0. The smallest absolute Gasteiger partial charge is 0.357 e. The number of anilines is 1. The minimum Gasteiger partial charge on any atom is -0.399 e. The maximum absolute atomic E-state index is 11.8. The minimum atomic E-state index is -1.62. The van der Waals surface area contributed by atoms with Gasteiger partial charge in [0, 0.05) is 18.7 Å². The van der Waals surface area contributed by atoms with E-state index in [1.165, 1.54) is 12.4 Å². The summed E-state index contributed by atoms with van der Waals surface area (Å²) < 4.78 is 10.8. The molecule has 3 heterocycles. The van der Waals surface area contributed by atoms with E-state index in [-0.39, 0.29) is 11.7 Å². The fraction of sp³-hybridized carbons (Fsp3) is 0.385. The van der Waals surface area contributed by atoms with Gasteiger partial charge < -0.3 is 14.8 Å². The molecule has 0 bridgehead atoms. The number of rotatable bonds is 1. The monoisotopic (exact) mass is 324 g/mol. The van der Waals surface area contributed by atoms with Gasteiger partial charge in [0.1, 0.15) is 5.15 Å². The minimum absolute atomic E-state index is 0.111. The highest BCUT2D eigenvalue weighted by Gasteiger charge is 2.47. The standard InChI is InChI=1S/C13H13ClN4O4/c14-9-6-16-7-10(17-9)18-5-1-4-15-8-13(18)21-11(19)2-3-12(20)22-13/h2-3,6-7,15H,1,4-5,8H2. The van der Waals surface area contributed by atoms with E-state index in [1.54, 1.807) is 4.90 Å². The number of halogens is 1. The normalized spacial score (nSPS) is 21.0. The van der Waals surface area contributed by atoms with Crippen LogP contribution in [0.15, 0.2) is 24.5 Å². The van der Waals surface area contributed by atoms with Gasteiger partial charge in [0.2, 0.25) is 0 Å². The highest BCUT2D eigenvalue weighted by atomic mass is 35.5. The van der Waals surface area contributed by atoms with E-state index in [4.69, 9.17) is 21.1 Å². The predicted octanol–water partition coefficient (Wildman–Crippen LogP) is 0.240. The summed E-state index contributed by atoms with van der Waals surface area (Å²) in [6.07, 6.45) is 5.66. The van der Waals surface area contributed by atoms with Crippen LogP contribution in [0.4, 0.5) is 5.82 Å². The molecule has 9 heteroatoms. The van der Waals surface area contributed by atoms with Crippen molar-refractivity contribution in [1.29, 1.82) is 0 Å². The summed E-state index contributed by atoms with van der Waals surface area (Å²) in [5, 5.41) is 3.28. The maximum atomic E-state index is 11.8. The maximum Gasteiger partial charge on any atom is 0.357 e. The second-order valence-corrected chi connectivity index (χ2v) is 5.16. The van der Waals surface area contributed by atoms with Gasteiger partial charge in [0.05, 0.1) is 18.9 Å². The highest BCUT2D eigenvalue weighted by Crippen LogP contribution is 2.29. The van der Waals surface area contributed by atoms with Gasteiger partial charge in [-0.1, -0.05) is 11.6 Å². The third-order valence-electron chi connectivity index (χ3n) is 3.24. The molecule has 0 atom stereocenters. The lowest BCUT2D eigenvalue weighted by molar-refractivity contribution is -0.217. The summed E-state index contributed by atoms with van der Waals surface area (Å²) in [6.45, 7) is 1.23. The number of aromatic nitrogens is 2. The van der Waals surface area contributed by atoms with Crippen LogP contribution < -0.4 is 10.2 Å². The molecule has 0 radical (unpaired) electrons. The number of esters is 2. The van der Waals surface area contributed by atoms with Crippen LogP contribution in [0.3, 0.4) is 0 Å². The van der Waals surface area contributed by atoms with Crippen molar-refractivity contribution in [1.82, 2.24) is 15.3 Å². The summed E-state index contributed by atoms with van der Waals surface area (Å²) in [6, 6.07) is 0.